The van der Waals surface area contributed by atoms with Crippen molar-refractivity contribution in [2.75, 3.05) is 13.7 Å². The highest BCUT2D eigenvalue weighted by atomic mass is 32.1. The van der Waals surface area contributed by atoms with Crippen molar-refractivity contribution >= 4 is 11.3 Å². The van der Waals surface area contributed by atoms with Crippen LogP contribution >= 0.6 is 11.3 Å². The molecule has 1 rings (SSSR count). The van der Waals surface area contributed by atoms with Crippen LogP contribution in [0.3, 0.4) is 0 Å². The van der Waals surface area contributed by atoms with Crippen molar-refractivity contribution in [2.24, 2.45) is 0 Å². The zero-order chi connectivity index (χ0) is 7.40. The molecular weight excluding hydrogens is 148 g/mol. The van der Waals surface area contributed by atoms with Crippen LogP contribution in [0.25, 0.3) is 0 Å². The minimum absolute atomic E-state index is 0.0488. The molecule has 0 aliphatic rings. The van der Waals surface area contributed by atoms with Crippen LogP contribution < -0.4 is 0 Å². The van der Waals surface area contributed by atoms with Gasteiger partial charge in [-0.2, -0.15) is 11.3 Å². The van der Waals surface area contributed by atoms with Crippen molar-refractivity contribution in [3.05, 3.63) is 22.4 Å². The van der Waals surface area contributed by atoms with E-state index in [1.54, 1.807) is 18.4 Å². The summed E-state index contributed by atoms with van der Waals surface area (Å²) in [6.07, 6.45) is -0.147. The van der Waals surface area contributed by atoms with Gasteiger partial charge in [0.2, 0.25) is 0 Å². The summed E-state index contributed by atoms with van der Waals surface area (Å²) in [5.74, 6) is 0. The molecule has 0 aliphatic heterocycles. The second-order valence-electron chi connectivity index (χ2n) is 1.96. The second kappa shape index (κ2) is 3.71. The third-order valence-corrected chi connectivity index (χ3v) is 2.07. The Labute approximate surface area is 64.1 Å². The number of hydrogen-bond acceptors (Lipinski definition) is 3. The van der Waals surface area contributed by atoms with E-state index in [-0.39, 0.29) is 12.7 Å². The Kier molecular flexibility index (Phi) is 2.86. The predicted octanol–water partition coefficient (Wildman–Crippen LogP) is 1.43. The summed E-state index contributed by atoms with van der Waals surface area (Å²) in [6.45, 7) is 0.0488. The highest BCUT2D eigenvalue weighted by molar-refractivity contribution is 7.07. The fraction of sp³-hybridized carbons (Fsp3) is 0.429. The molecular formula is C7H10O2S. The molecule has 2 nitrogen and oxygen atoms in total. The summed E-state index contributed by atoms with van der Waals surface area (Å²) >= 11 is 1.61. The summed E-state index contributed by atoms with van der Waals surface area (Å²) in [5, 5.41) is 12.7. The molecule has 1 aromatic heterocycles. The number of aliphatic hydroxyl groups is 1. The van der Waals surface area contributed by atoms with Crippen molar-refractivity contribution in [3.63, 3.8) is 0 Å². The molecule has 0 saturated carbocycles. The van der Waals surface area contributed by atoms with Gasteiger partial charge in [-0.15, -0.1) is 0 Å². The third kappa shape index (κ3) is 1.56. The van der Waals surface area contributed by atoms with Gasteiger partial charge in [-0.25, -0.2) is 0 Å². The monoisotopic (exact) mass is 158 g/mol. The van der Waals surface area contributed by atoms with Gasteiger partial charge in [0.15, 0.2) is 0 Å². The number of hydrogen-bond donors (Lipinski definition) is 1. The first kappa shape index (κ1) is 7.72. The van der Waals surface area contributed by atoms with E-state index in [0.717, 1.165) is 5.56 Å². The quantitative estimate of drug-likeness (QED) is 0.721. The lowest BCUT2D eigenvalue weighted by Crippen LogP contribution is -2.04. The SMILES string of the molecule is COC(CO)c1ccsc1. The maximum atomic E-state index is 8.78. The molecule has 0 amide bonds. The Morgan fingerprint density at radius 3 is 3.00 bits per heavy atom. The molecule has 10 heavy (non-hydrogen) atoms. The first-order valence-corrected chi connectivity index (χ1v) is 3.98. The van der Waals surface area contributed by atoms with Crippen LogP contribution in [0.15, 0.2) is 16.8 Å². The van der Waals surface area contributed by atoms with Gasteiger partial charge < -0.3 is 9.84 Å². The Bertz CT molecular complexity index is 168. The lowest BCUT2D eigenvalue weighted by molar-refractivity contribution is 0.0487. The first-order valence-electron chi connectivity index (χ1n) is 3.04. The predicted molar refractivity (Wildman–Crippen MR) is 41.2 cm³/mol. The standard InChI is InChI=1S/C7H10O2S/c1-9-7(4-8)6-2-3-10-5-6/h2-3,5,7-8H,4H2,1H3. The number of ether oxygens (including phenoxy) is 1. The Balaban J connectivity index is 2.64. The van der Waals surface area contributed by atoms with Crippen LogP contribution in [0, 0.1) is 0 Å². The van der Waals surface area contributed by atoms with Gasteiger partial charge in [-0.3, -0.25) is 0 Å². The molecule has 0 fully saturated rings. The largest absolute Gasteiger partial charge is 0.393 e. The van der Waals surface area contributed by atoms with E-state index in [1.807, 2.05) is 16.8 Å². The molecule has 1 N–H and O–H groups in total. The van der Waals surface area contributed by atoms with E-state index in [2.05, 4.69) is 0 Å². The van der Waals surface area contributed by atoms with Gasteiger partial charge in [0, 0.05) is 7.11 Å². The second-order valence-corrected chi connectivity index (χ2v) is 2.74. The molecule has 1 aromatic rings. The van der Waals surface area contributed by atoms with Crippen LogP contribution in [-0.2, 0) is 4.74 Å². The van der Waals surface area contributed by atoms with E-state index in [0.29, 0.717) is 0 Å². The smallest absolute Gasteiger partial charge is 0.106 e. The lowest BCUT2D eigenvalue weighted by Gasteiger charge is -2.08. The lowest BCUT2D eigenvalue weighted by atomic mass is 10.2. The first-order chi connectivity index (χ1) is 4.88. The zero-order valence-electron chi connectivity index (χ0n) is 5.78. The summed E-state index contributed by atoms with van der Waals surface area (Å²) in [4.78, 5) is 0. The summed E-state index contributed by atoms with van der Waals surface area (Å²) in [7, 11) is 1.60. The molecule has 1 atom stereocenters. The Hall–Kier alpha value is -0.380. The molecule has 0 bridgehead atoms. The third-order valence-electron chi connectivity index (χ3n) is 1.37. The molecule has 0 spiro atoms. The summed E-state index contributed by atoms with van der Waals surface area (Å²) < 4.78 is 5.00. The Morgan fingerprint density at radius 1 is 1.80 bits per heavy atom. The fourth-order valence-electron chi connectivity index (χ4n) is 0.774. The van der Waals surface area contributed by atoms with Crippen LogP contribution in [0.5, 0.6) is 0 Å². The topological polar surface area (TPSA) is 29.5 Å². The summed E-state index contributed by atoms with van der Waals surface area (Å²) in [6, 6.07) is 1.95. The maximum Gasteiger partial charge on any atom is 0.106 e. The van der Waals surface area contributed by atoms with Gasteiger partial charge in [0.05, 0.1) is 6.61 Å². The highest BCUT2D eigenvalue weighted by Gasteiger charge is 2.07. The fourth-order valence-corrected chi connectivity index (χ4v) is 1.48. The number of rotatable bonds is 3. The molecule has 56 valence electrons. The van der Waals surface area contributed by atoms with Crippen molar-refractivity contribution < 1.29 is 9.84 Å². The molecule has 1 heterocycles. The van der Waals surface area contributed by atoms with Gasteiger partial charge >= 0.3 is 0 Å². The molecule has 0 saturated heterocycles. The van der Waals surface area contributed by atoms with Crippen LogP contribution in [0.1, 0.15) is 11.7 Å². The van der Waals surface area contributed by atoms with Gasteiger partial charge in [-0.05, 0) is 22.4 Å². The molecule has 0 aliphatic carbocycles. The highest BCUT2D eigenvalue weighted by Crippen LogP contribution is 2.17. The van der Waals surface area contributed by atoms with E-state index in [1.165, 1.54) is 0 Å². The van der Waals surface area contributed by atoms with E-state index in [9.17, 15) is 0 Å². The normalized spacial score (nSPS) is 13.4. The maximum absolute atomic E-state index is 8.78. The van der Waals surface area contributed by atoms with Crippen LogP contribution in [-0.4, -0.2) is 18.8 Å². The average molecular weight is 158 g/mol. The van der Waals surface area contributed by atoms with E-state index < -0.39 is 0 Å². The number of aliphatic hydroxyl groups excluding tert-OH is 1. The number of methoxy groups -OCH3 is 1. The van der Waals surface area contributed by atoms with E-state index >= 15 is 0 Å². The minimum atomic E-state index is -0.147. The van der Waals surface area contributed by atoms with Crippen molar-refractivity contribution in [1.29, 1.82) is 0 Å². The average Bonchev–Trinajstić information content (AvgIpc) is 2.43. The van der Waals surface area contributed by atoms with Crippen molar-refractivity contribution in [2.45, 2.75) is 6.10 Å². The molecule has 0 aromatic carbocycles. The zero-order valence-corrected chi connectivity index (χ0v) is 6.60. The van der Waals surface area contributed by atoms with Crippen molar-refractivity contribution in [1.82, 2.24) is 0 Å². The van der Waals surface area contributed by atoms with Gasteiger partial charge in [-0.1, -0.05) is 0 Å². The summed E-state index contributed by atoms with van der Waals surface area (Å²) in [5.41, 5.74) is 1.05. The van der Waals surface area contributed by atoms with Crippen molar-refractivity contribution in [3.8, 4) is 0 Å². The molecule has 0 radical (unpaired) electrons. The van der Waals surface area contributed by atoms with Crippen LogP contribution in [0.2, 0.25) is 0 Å². The molecule has 3 heteroatoms. The van der Waals surface area contributed by atoms with Crippen LogP contribution in [0.4, 0.5) is 0 Å². The van der Waals surface area contributed by atoms with Gasteiger partial charge in [0.25, 0.3) is 0 Å². The minimum Gasteiger partial charge on any atom is -0.393 e. The number of thiophene rings is 1. The van der Waals surface area contributed by atoms with E-state index in [4.69, 9.17) is 9.84 Å². The van der Waals surface area contributed by atoms with Gasteiger partial charge in [0.1, 0.15) is 6.10 Å². The molecule has 1 unspecified atom stereocenters. The Morgan fingerprint density at radius 2 is 2.60 bits per heavy atom.